The minimum Gasteiger partial charge on any atom is -0.375 e. The molecule has 1 aliphatic heterocycles. The predicted octanol–water partition coefficient (Wildman–Crippen LogP) is 1.52. The second-order valence-corrected chi connectivity index (χ2v) is 3.75. The normalized spacial score (nSPS) is 22.7. The molecule has 0 spiro atoms. The molecule has 60 valence electrons. The molecule has 3 heteroatoms. The lowest BCUT2D eigenvalue weighted by Gasteiger charge is -2.27. The van der Waals surface area contributed by atoms with Gasteiger partial charge in [0.2, 0.25) is 0 Å². The molecule has 1 fully saturated rings. The minimum absolute atomic E-state index is 0.706. The third-order valence-electron chi connectivity index (χ3n) is 1.97. The summed E-state index contributed by atoms with van der Waals surface area (Å²) in [5, 5.41) is 10.1. The van der Waals surface area contributed by atoms with Crippen molar-refractivity contribution in [2.75, 3.05) is 18.4 Å². The van der Waals surface area contributed by atoms with Gasteiger partial charge in [-0.3, -0.25) is 0 Å². The summed E-state index contributed by atoms with van der Waals surface area (Å²) in [6, 6.07) is 4.89. The Morgan fingerprint density at radius 1 is 1.73 bits per heavy atom. The Balaban J connectivity index is 1.74. The number of thiophene rings is 1. The molecule has 1 aromatic heterocycles. The van der Waals surface area contributed by atoms with Gasteiger partial charge in [0.05, 0.1) is 5.00 Å². The van der Waals surface area contributed by atoms with Gasteiger partial charge >= 0.3 is 0 Å². The van der Waals surface area contributed by atoms with Gasteiger partial charge in [0, 0.05) is 12.6 Å². The molecular weight excluding hydrogens is 156 g/mol. The topological polar surface area (TPSA) is 24.1 Å². The van der Waals surface area contributed by atoms with Crippen molar-refractivity contribution in [3.63, 3.8) is 0 Å². The second-order valence-electron chi connectivity index (χ2n) is 2.80. The van der Waals surface area contributed by atoms with E-state index in [4.69, 9.17) is 0 Å². The zero-order chi connectivity index (χ0) is 7.52. The molecule has 2 heterocycles. The highest BCUT2D eigenvalue weighted by molar-refractivity contribution is 7.14. The van der Waals surface area contributed by atoms with Gasteiger partial charge < -0.3 is 10.6 Å². The number of hydrogen-bond donors (Lipinski definition) is 2. The first-order chi connectivity index (χ1) is 5.45. The van der Waals surface area contributed by atoms with E-state index in [1.54, 1.807) is 11.3 Å². The molecule has 1 saturated heterocycles. The van der Waals surface area contributed by atoms with Crippen LogP contribution in [0.1, 0.15) is 6.42 Å². The van der Waals surface area contributed by atoms with Gasteiger partial charge in [-0.1, -0.05) is 0 Å². The number of hydrogen-bond acceptors (Lipinski definition) is 3. The molecule has 1 unspecified atom stereocenters. The molecule has 0 aliphatic carbocycles. The van der Waals surface area contributed by atoms with Crippen molar-refractivity contribution in [2.45, 2.75) is 12.5 Å². The Morgan fingerprint density at radius 3 is 3.18 bits per heavy atom. The van der Waals surface area contributed by atoms with Crippen molar-refractivity contribution in [3.05, 3.63) is 17.5 Å². The van der Waals surface area contributed by atoms with Crippen molar-refractivity contribution in [1.29, 1.82) is 0 Å². The van der Waals surface area contributed by atoms with Gasteiger partial charge in [-0.25, -0.2) is 0 Å². The zero-order valence-electron chi connectivity index (χ0n) is 6.34. The van der Waals surface area contributed by atoms with Crippen LogP contribution in [0, 0.1) is 0 Å². The van der Waals surface area contributed by atoms with Crippen molar-refractivity contribution in [2.24, 2.45) is 0 Å². The van der Waals surface area contributed by atoms with Crippen LogP contribution >= 0.6 is 11.3 Å². The first-order valence-corrected chi connectivity index (χ1v) is 4.84. The summed E-state index contributed by atoms with van der Waals surface area (Å²) in [5.41, 5.74) is 0. The van der Waals surface area contributed by atoms with Crippen molar-refractivity contribution in [3.8, 4) is 0 Å². The average Bonchev–Trinajstić information content (AvgIpc) is 2.36. The highest BCUT2D eigenvalue weighted by Crippen LogP contribution is 2.15. The van der Waals surface area contributed by atoms with Crippen LogP contribution in [-0.2, 0) is 0 Å². The molecule has 2 N–H and O–H groups in total. The lowest BCUT2D eigenvalue weighted by Crippen LogP contribution is -2.47. The molecule has 1 aromatic rings. The van der Waals surface area contributed by atoms with Gasteiger partial charge in [0.1, 0.15) is 0 Å². The van der Waals surface area contributed by atoms with Gasteiger partial charge in [-0.05, 0) is 30.5 Å². The first kappa shape index (κ1) is 7.13. The highest BCUT2D eigenvalue weighted by atomic mass is 32.1. The summed E-state index contributed by atoms with van der Waals surface area (Å²) in [6.07, 6.45) is 1.32. The highest BCUT2D eigenvalue weighted by Gasteiger charge is 2.15. The summed E-state index contributed by atoms with van der Waals surface area (Å²) in [4.78, 5) is 0. The van der Waals surface area contributed by atoms with E-state index in [2.05, 4.69) is 28.1 Å². The lowest BCUT2D eigenvalue weighted by atomic mass is 10.1. The van der Waals surface area contributed by atoms with E-state index in [0.29, 0.717) is 6.04 Å². The van der Waals surface area contributed by atoms with E-state index in [1.165, 1.54) is 18.0 Å². The summed E-state index contributed by atoms with van der Waals surface area (Å²) in [6.45, 7) is 2.26. The molecule has 2 rings (SSSR count). The molecule has 0 saturated carbocycles. The molecule has 2 nitrogen and oxygen atoms in total. The van der Waals surface area contributed by atoms with Crippen LogP contribution in [0.3, 0.4) is 0 Å². The van der Waals surface area contributed by atoms with Gasteiger partial charge in [-0.2, -0.15) is 0 Å². The van der Waals surface area contributed by atoms with Gasteiger partial charge in [-0.15, -0.1) is 11.3 Å². The summed E-state index contributed by atoms with van der Waals surface area (Å²) in [7, 11) is 0. The van der Waals surface area contributed by atoms with Crippen LogP contribution in [0.5, 0.6) is 0 Å². The predicted molar refractivity (Wildman–Crippen MR) is 49.2 cm³/mol. The third-order valence-corrected chi connectivity index (χ3v) is 2.80. The van der Waals surface area contributed by atoms with Crippen molar-refractivity contribution < 1.29 is 0 Å². The fourth-order valence-corrected chi connectivity index (χ4v) is 1.75. The van der Waals surface area contributed by atoms with Crippen molar-refractivity contribution in [1.82, 2.24) is 5.32 Å². The molecule has 0 amide bonds. The van der Waals surface area contributed by atoms with Crippen LogP contribution in [-0.4, -0.2) is 19.1 Å². The maximum atomic E-state index is 3.38. The average molecular weight is 168 g/mol. The maximum Gasteiger partial charge on any atom is 0.0882 e. The Labute approximate surface area is 70.6 Å². The third kappa shape index (κ3) is 1.73. The van der Waals surface area contributed by atoms with Crippen LogP contribution in [0.2, 0.25) is 0 Å². The van der Waals surface area contributed by atoms with Gasteiger partial charge in [0.25, 0.3) is 0 Å². The summed E-state index contributed by atoms with van der Waals surface area (Å²) in [5.74, 6) is 0. The fourth-order valence-electron chi connectivity index (χ4n) is 1.13. The molecule has 0 bridgehead atoms. The van der Waals surface area contributed by atoms with Crippen molar-refractivity contribution >= 4 is 16.3 Å². The van der Waals surface area contributed by atoms with E-state index < -0.39 is 0 Å². The number of anilines is 1. The minimum atomic E-state index is 0.706. The van der Waals surface area contributed by atoms with Crippen LogP contribution in [0.25, 0.3) is 0 Å². The molecule has 0 aromatic carbocycles. The molecule has 1 atom stereocenters. The first-order valence-electron chi connectivity index (χ1n) is 3.96. The quantitative estimate of drug-likeness (QED) is 0.715. The number of nitrogens with one attached hydrogen (secondary N) is 2. The zero-order valence-corrected chi connectivity index (χ0v) is 7.16. The largest absolute Gasteiger partial charge is 0.375 e. The molecular formula is C8H12N2S. The van der Waals surface area contributed by atoms with E-state index in [9.17, 15) is 0 Å². The lowest BCUT2D eigenvalue weighted by molar-refractivity contribution is 0.387. The van der Waals surface area contributed by atoms with Crippen LogP contribution in [0.4, 0.5) is 5.00 Å². The Hall–Kier alpha value is -0.540. The summed E-state index contributed by atoms with van der Waals surface area (Å²) >= 11 is 1.76. The maximum absolute atomic E-state index is 3.38. The van der Waals surface area contributed by atoms with E-state index in [1.807, 2.05) is 0 Å². The Morgan fingerprint density at radius 2 is 2.64 bits per heavy atom. The monoisotopic (exact) mass is 168 g/mol. The Bertz CT molecular complexity index is 204. The standard InChI is InChI=1S/C8H12N2S/c1-2-8(11-5-1)10-6-7-3-4-9-7/h1-2,5,7,9-10H,3-4,6H2. The smallest absolute Gasteiger partial charge is 0.0882 e. The van der Waals surface area contributed by atoms with E-state index in [0.717, 1.165) is 6.54 Å². The number of rotatable bonds is 3. The van der Waals surface area contributed by atoms with Crippen LogP contribution < -0.4 is 10.6 Å². The molecule has 1 aliphatic rings. The second kappa shape index (κ2) is 3.24. The SMILES string of the molecule is c1csc(NCC2CCN2)c1. The van der Waals surface area contributed by atoms with E-state index in [-0.39, 0.29) is 0 Å². The fraction of sp³-hybridized carbons (Fsp3) is 0.500. The molecule has 0 radical (unpaired) electrons. The Kier molecular flexibility index (Phi) is 2.10. The van der Waals surface area contributed by atoms with E-state index >= 15 is 0 Å². The van der Waals surface area contributed by atoms with Crippen LogP contribution in [0.15, 0.2) is 17.5 Å². The molecule has 11 heavy (non-hydrogen) atoms. The summed E-state index contributed by atoms with van der Waals surface area (Å²) < 4.78 is 0. The van der Waals surface area contributed by atoms with Gasteiger partial charge in [0.15, 0.2) is 0 Å².